The van der Waals surface area contributed by atoms with E-state index in [0.717, 1.165) is 16.6 Å². The second-order valence-electron chi connectivity index (χ2n) is 4.14. The number of nitrogens with one attached hydrogen (secondary N) is 1. The summed E-state index contributed by atoms with van der Waals surface area (Å²) in [6, 6.07) is 4.95. The van der Waals surface area contributed by atoms with Crippen molar-refractivity contribution in [1.82, 2.24) is 4.98 Å². The quantitative estimate of drug-likeness (QED) is 0.855. The Hall–Kier alpha value is -1.84. The maximum Gasteiger partial charge on any atom is 0.303 e. The van der Waals surface area contributed by atoms with Crippen LogP contribution in [0.25, 0.3) is 10.9 Å². The Morgan fingerprint density at radius 3 is 2.94 bits per heavy atom. The molecule has 1 aromatic heterocycles. The second-order valence-corrected chi connectivity index (χ2v) is 4.14. The molecule has 1 heterocycles. The minimum absolute atomic E-state index is 0.140. The maximum atomic E-state index is 13.5. The average molecular weight is 235 g/mol. The topological polar surface area (TPSA) is 53.1 Å². The molecule has 0 saturated carbocycles. The number of carboxylic acid groups (broad SMARTS) is 1. The van der Waals surface area contributed by atoms with Gasteiger partial charge < -0.3 is 10.1 Å². The molecule has 2 aromatic rings. The molecule has 0 bridgehead atoms. The van der Waals surface area contributed by atoms with Crippen molar-refractivity contribution in [3.63, 3.8) is 0 Å². The van der Waals surface area contributed by atoms with Crippen LogP contribution in [0.4, 0.5) is 4.39 Å². The molecule has 0 unspecified atom stereocenters. The minimum Gasteiger partial charge on any atom is -0.481 e. The van der Waals surface area contributed by atoms with Gasteiger partial charge in [-0.2, -0.15) is 0 Å². The molecule has 4 heteroatoms. The van der Waals surface area contributed by atoms with E-state index in [1.165, 1.54) is 6.07 Å². The molecule has 0 fully saturated rings. The Morgan fingerprint density at radius 2 is 2.24 bits per heavy atom. The van der Waals surface area contributed by atoms with Crippen LogP contribution in [0.15, 0.2) is 18.2 Å². The van der Waals surface area contributed by atoms with Crippen molar-refractivity contribution in [2.45, 2.75) is 26.2 Å². The van der Waals surface area contributed by atoms with Crippen LogP contribution in [-0.4, -0.2) is 16.1 Å². The summed E-state index contributed by atoms with van der Waals surface area (Å²) in [5.74, 6) is -1.07. The summed E-state index contributed by atoms with van der Waals surface area (Å²) in [5, 5.41) is 9.46. The fourth-order valence-electron chi connectivity index (χ4n) is 2.11. The van der Waals surface area contributed by atoms with Crippen molar-refractivity contribution < 1.29 is 14.3 Å². The average Bonchev–Trinajstić information content (AvgIpc) is 2.57. The number of carbonyl (C=O) groups is 1. The van der Waals surface area contributed by atoms with Gasteiger partial charge in [-0.1, -0.05) is 12.1 Å². The molecule has 0 saturated heterocycles. The van der Waals surface area contributed by atoms with Gasteiger partial charge in [0.25, 0.3) is 0 Å². The molecule has 0 aliphatic carbocycles. The van der Waals surface area contributed by atoms with E-state index in [-0.39, 0.29) is 12.2 Å². The number of benzene rings is 1. The normalized spacial score (nSPS) is 10.9. The Morgan fingerprint density at radius 1 is 1.47 bits per heavy atom. The number of aryl methyl sites for hydroxylation is 2. The highest BCUT2D eigenvalue weighted by atomic mass is 19.1. The predicted molar refractivity (Wildman–Crippen MR) is 63.6 cm³/mol. The highest BCUT2D eigenvalue weighted by Crippen LogP contribution is 2.25. The zero-order chi connectivity index (χ0) is 12.4. The number of fused-ring (bicyclic) bond motifs is 1. The van der Waals surface area contributed by atoms with Gasteiger partial charge in [-0.3, -0.25) is 4.79 Å². The first kappa shape index (κ1) is 11.6. The first-order valence-corrected chi connectivity index (χ1v) is 5.57. The highest BCUT2D eigenvalue weighted by molar-refractivity contribution is 5.85. The molecule has 0 atom stereocenters. The van der Waals surface area contributed by atoms with Gasteiger partial charge in [-0.05, 0) is 31.4 Å². The van der Waals surface area contributed by atoms with Crippen LogP contribution < -0.4 is 0 Å². The van der Waals surface area contributed by atoms with E-state index in [0.29, 0.717) is 18.4 Å². The smallest absolute Gasteiger partial charge is 0.303 e. The predicted octanol–water partition coefficient (Wildman–Crippen LogP) is 3.02. The molecule has 2 rings (SSSR count). The van der Waals surface area contributed by atoms with Gasteiger partial charge in [-0.15, -0.1) is 0 Å². The number of para-hydroxylation sites is 1. The van der Waals surface area contributed by atoms with Crippen molar-refractivity contribution in [2.24, 2.45) is 0 Å². The summed E-state index contributed by atoms with van der Waals surface area (Å²) in [7, 11) is 0. The van der Waals surface area contributed by atoms with Gasteiger partial charge in [0.2, 0.25) is 0 Å². The number of hydrogen-bond acceptors (Lipinski definition) is 1. The maximum absolute atomic E-state index is 13.5. The van der Waals surface area contributed by atoms with Gasteiger partial charge in [0.15, 0.2) is 0 Å². The molecule has 0 radical (unpaired) electrons. The largest absolute Gasteiger partial charge is 0.481 e. The first-order valence-electron chi connectivity index (χ1n) is 5.57. The third-order valence-corrected chi connectivity index (χ3v) is 2.92. The Bertz CT molecular complexity index is 560. The number of aromatic amines is 1. The van der Waals surface area contributed by atoms with E-state index >= 15 is 0 Å². The van der Waals surface area contributed by atoms with Crippen molar-refractivity contribution >= 4 is 16.9 Å². The number of H-pyrrole nitrogens is 1. The number of hydrogen-bond donors (Lipinski definition) is 2. The standard InChI is InChI=1S/C13H14FNO2/c1-8-9(4-3-7-12(16)17)10-5-2-6-11(14)13(10)15-8/h2,5-6,15H,3-4,7H2,1H3,(H,16,17). The molecular weight excluding hydrogens is 221 g/mol. The second kappa shape index (κ2) is 4.57. The molecule has 90 valence electrons. The van der Waals surface area contributed by atoms with Crippen LogP contribution in [0.2, 0.25) is 0 Å². The van der Waals surface area contributed by atoms with Crippen molar-refractivity contribution in [1.29, 1.82) is 0 Å². The lowest BCUT2D eigenvalue weighted by Crippen LogP contribution is -1.96. The van der Waals surface area contributed by atoms with Crippen LogP contribution in [0.1, 0.15) is 24.1 Å². The van der Waals surface area contributed by atoms with E-state index in [2.05, 4.69) is 4.98 Å². The molecule has 0 aliphatic heterocycles. The summed E-state index contributed by atoms with van der Waals surface area (Å²) in [6.07, 6.45) is 1.36. The number of halogens is 1. The number of aromatic nitrogens is 1. The monoisotopic (exact) mass is 235 g/mol. The summed E-state index contributed by atoms with van der Waals surface area (Å²) in [6.45, 7) is 1.88. The van der Waals surface area contributed by atoms with Crippen molar-refractivity contribution in [2.75, 3.05) is 0 Å². The number of rotatable bonds is 4. The summed E-state index contributed by atoms with van der Waals surface area (Å²) in [4.78, 5) is 13.5. The van der Waals surface area contributed by atoms with Crippen LogP contribution in [0, 0.1) is 12.7 Å². The SMILES string of the molecule is Cc1[nH]c2c(F)cccc2c1CCCC(=O)O. The van der Waals surface area contributed by atoms with Crippen molar-refractivity contribution in [3.8, 4) is 0 Å². The van der Waals surface area contributed by atoms with E-state index in [9.17, 15) is 9.18 Å². The van der Waals surface area contributed by atoms with Gasteiger partial charge >= 0.3 is 5.97 Å². The fraction of sp³-hybridized carbons (Fsp3) is 0.308. The van der Waals surface area contributed by atoms with E-state index in [4.69, 9.17) is 5.11 Å². The van der Waals surface area contributed by atoms with Gasteiger partial charge in [0.05, 0.1) is 5.52 Å². The Labute approximate surface area is 98.3 Å². The molecule has 3 nitrogen and oxygen atoms in total. The molecule has 0 amide bonds. The summed E-state index contributed by atoms with van der Waals surface area (Å²) >= 11 is 0. The zero-order valence-corrected chi connectivity index (χ0v) is 9.59. The Kier molecular flexibility index (Phi) is 3.13. The van der Waals surface area contributed by atoms with E-state index in [1.807, 2.05) is 13.0 Å². The van der Waals surface area contributed by atoms with Crippen molar-refractivity contribution in [3.05, 3.63) is 35.3 Å². The van der Waals surface area contributed by atoms with Crippen LogP contribution in [-0.2, 0) is 11.2 Å². The lowest BCUT2D eigenvalue weighted by atomic mass is 10.0. The zero-order valence-electron chi connectivity index (χ0n) is 9.59. The van der Waals surface area contributed by atoms with Gasteiger partial charge in [0.1, 0.15) is 5.82 Å². The lowest BCUT2D eigenvalue weighted by Gasteiger charge is -1.99. The molecule has 0 spiro atoms. The minimum atomic E-state index is -0.798. The van der Waals surface area contributed by atoms with Crippen LogP contribution >= 0.6 is 0 Å². The molecular formula is C13H14FNO2. The summed E-state index contributed by atoms with van der Waals surface area (Å²) < 4.78 is 13.5. The number of aliphatic carboxylic acids is 1. The van der Waals surface area contributed by atoms with Gasteiger partial charge in [0, 0.05) is 17.5 Å². The molecule has 17 heavy (non-hydrogen) atoms. The highest BCUT2D eigenvalue weighted by Gasteiger charge is 2.11. The van der Waals surface area contributed by atoms with E-state index in [1.54, 1.807) is 6.07 Å². The molecule has 0 aliphatic rings. The van der Waals surface area contributed by atoms with Crippen LogP contribution in [0.5, 0.6) is 0 Å². The first-order chi connectivity index (χ1) is 8.09. The van der Waals surface area contributed by atoms with E-state index < -0.39 is 5.97 Å². The van der Waals surface area contributed by atoms with Crippen LogP contribution in [0.3, 0.4) is 0 Å². The lowest BCUT2D eigenvalue weighted by molar-refractivity contribution is -0.137. The Balaban J connectivity index is 2.30. The molecule has 1 aromatic carbocycles. The third-order valence-electron chi connectivity index (χ3n) is 2.92. The fourth-order valence-corrected chi connectivity index (χ4v) is 2.11. The van der Waals surface area contributed by atoms with Gasteiger partial charge in [-0.25, -0.2) is 4.39 Å². The molecule has 2 N–H and O–H groups in total. The number of carboxylic acids is 1. The summed E-state index contributed by atoms with van der Waals surface area (Å²) in [5.41, 5.74) is 2.44. The third kappa shape index (κ3) is 2.30.